The van der Waals surface area contributed by atoms with Gasteiger partial charge in [-0.05, 0) is 32.0 Å². The van der Waals surface area contributed by atoms with E-state index in [4.69, 9.17) is 0 Å². The maximum absolute atomic E-state index is 11.1. The van der Waals surface area contributed by atoms with E-state index in [1.807, 2.05) is 32.0 Å². The Morgan fingerprint density at radius 2 is 2.00 bits per heavy atom. The largest absolute Gasteiger partial charge is 0.366 e. The van der Waals surface area contributed by atoms with Crippen molar-refractivity contribution < 1.29 is 4.79 Å². The van der Waals surface area contributed by atoms with Crippen LogP contribution in [0.15, 0.2) is 30.5 Å². The number of anilines is 4. The lowest BCUT2D eigenvalue weighted by Gasteiger charge is -2.10. The molecule has 3 N–H and O–H groups in total. The first-order valence-corrected chi connectivity index (χ1v) is 6.64. The maximum atomic E-state index is 11.1. The molecular weight excluding hydrogens is 268 g/mol. The maximum Gasteiger partial charge on any atom is 0.249 e. The van der Waals surface area contributed by atoms with Crippen LogP contribution in [0.4, 0.5) is 23.1 Å². The molecule has 2 rings (SSSR count). The fourth-order valence-electron chi connectivity index (χ4n) is 1.73. The van der Waals surface area contributed by atoms with Crippen LogP contribution in [-0.2, 0) is 4.79 Å². The zero-order valence-corrected chi connectivity index (χ0v) is 12.2. The first-order chi connectivity index (χ1) is 10.0. The molecule has 0 radical (unpaired) electrons. The number of aromatic nitrogens is 3. The van der Waals surface area contributed by atoms with Crippen molar-refractivity contribution in [3.63, 3.8) is 0 Å². The lowest BCUT2D eigenvalue weighted by atomic mass is 10.3. The van der Waals surface area contributed by atoms with E-state index in [0.717, 1.165) is 5.69 Å². The third-order valence-electron chi connectivity index (χ3n) is 2.43. The van der Waals surface area contributed by atoms with Crippen LogP contribution < -0.4 is 16.0 Å². The molecule has 0 atom stereocenters. The first kappa shape index (κ1) is 14.7. The van der Waals surface area contributed by atoms with E-state index in [0.29, 0.717) is 17.5 Å². The van der Waals surface area contributed by atoms with Gasteiger partial charge >= 0.3 is 0 Å². The lowest BCUT2D eigenvalue weighted by molar-refractivity contribution is -0.114. The van der Waals surface area contributed by atoms with Crippen LogP contribution in [0.25, 0.3) is 0 Å². The second-order valence-electron chi connectivity index (χ2n) is 4.85. The minimum Gasteiger partial charge on any atom is -0.366 e. The molecule has 21 heavy (non-hydrogen) atoms. The Balaban J connectivity index is 2.12. The van der Waals surface area contributed by atoms with Gasteiger partial charge in [-0.1, -0.05) is 6.07 Å². The van der Waals surface area contributed by atoms with Crippen LogP contribution in [-0.4, -0.2) is 27.1 Å². The van der Waals surface area contributed by atoms with E-state index < -0.39 is 0 Å². The summed E-state index contributed by atoms with van der Waals surface area (Å²) >= 11 is 0. The summed E-state index contributed by atoms with van der Waals surface area (Å²) in [5.74, 6) is 0.925. The number of benzene rings is 1. The topological polar surface area (TPSA) is 91.8 Å². The van der Waals surface area contributed by atoms with Gasteiger partial charge in [0.25, 0.3) is 0 Å². The van der Waals surface area contributed by atoms with Gasteiger partial charge in [0.2, 0.25) is 11.9 Å². The Morgan fingerprint density at radius 1 is 1.24 bits per heavy atom. The molecule has 110 valence electrons. The number of hydrogen-bond donors (Lipinski definition) is 3. The molecule has 1 amide bonds. The molecule has 0 aliphatic rings. The third kappa shape index (κ3) is 4.72. The predicted molar refractivity (Wildman–Crippen MR) is 82.6 cm³/mol. The van der Waals surface area contributed by atoms with Crippen molar-refractivity contribution in [2.45, 2.75) is 26.8 Å². The Kier molecular flexibility index (Phi) is 4.65. The monoisotopic (exact) mass is 286 g/mol. The van der Waals surface area contributed by atoms with Crippen LogP contribution in [0.3, 0.4) is 0 Å². The van der Waals surface area contributed by atoms with E-state index >= 15 is 0 Å². The summed E-state index contributed by atoms with van der Waals surface area (Å²) in [6.45, 7) is 5.51. The van der Waals surface area contributed by atoms with Crippen LogP contribution in [0.1, 0.15) is 20.8 Å². The lowest BCUT2D eigenvalue weighted by Crippen LogP contribution is -2.12. The van der Waals surface area contributed by atoms with Crippen LogP contribution in [0, 0.1) is 0 Å². The second-order valence-corrected chi connectivity index (χ2v) is 4.85. The molecule has 7 heteroatoms. The normalized spacial score (nSPS) is 10.3. The molecule has 0 spiro atoms. The highest BCUT2D eigenvalue weighted by Crippen LogP contribution is 2.18. The first-order valence-electron chi connectivity index (χ1n) is 6.64. The molecule has 0 saturated carbocycles. The summed E-state index contributed by atoms with van der Waals surface area (Å²) in [7, 11) is 0. The SMILES string of the molecule is CC(=O)Nc1cccc(Nc2nncc(NC(C)C)n2)c1. The van der Waals surface area contributed by atoms with E-state index in [2.05, 4.69) is 31.1 Å². The quantitative estimate of drug-likeness (QED) is 0.781. The van der Waals surface area contributed by atoms with Gasteiger partial charge in [0.1, 0.15) is 0 Å². The highest BCUT2D eigenvalue weighted by molar-refractivity contribution is 5.89. The Hall–Kier alpha value is -2.70. The number of rotatable bonds is 5. The van der Waals surface area contributed by atoms with Crippen molar-refractivity contribution in [1.29, 1.82) is 0 Å². The molecule has 1 aromatic heterocycles. The van der Waals surface area contributed by atoms with Crippen LogP contribution in [0.5, 0.6) is 0 Å². The van der Waals surface area contributed by atoms with Gasteiger partial charge in [-0.3, -0.25) is 4.79 Å². The molecule has 0 unspecified atom stereocenters. The van der Waals surface area contributed by atoms with Crippen molar-refractivity contribution >= 4 is 29.0 Å². The van der Waals surface area contributed by atoms with Gasteiger partial charge in [0.15, 0.2) is 5.82 Å². The number of carbonyl (C=O) groups is 1. The van der Waals surface area contributed by atoms with Crippen molar-refractivity contribution in [2.75, 3.05) is 16.0 Å². The standard InChI is InChI=1S/C14H18N6O/c1-9(2)16-13-8-15-20-14(19-13)18-12-6-4-5-11(7-12)17-10(3)21/h4-9H,1-3H3,(H,17,21)(H2,16,18,19,20). The number of nitrogens with one attached hydrogen (secondary N) is 3. The molecule has 1 heterocycles. The summed E-state index contributed by atoms with van der Waals surface area (Å²) in [6, 6.07) is 7.56. The highest BCUT2D eigenvalue weighted by Gasteiger charge is 2.03. The van der Waals surface area contributed by atoms with Gasteiger partial charge in [-0.25, -0.2) is 0 Å². The number of hydrogen-bond acceptors (Lipinski definition) is 6. The van der Waals surface area contributed by atoms with Crippen molar-refractivity contribution in [1.82, 2.24) is 15.2 Å². The summed E-state index contributed by atoms with van der Waals surface area (Å²) in [6.07, 6.45) is 1.57. The average Bonchev–Trinajstić information content (AvgIpc) is 2.37. The van der Waals surface area contributed by atoms with Gasteiger partial charge in [0, 0.05) is 24.3 Å². The van der Waals surface area contributed by atoms with Crippen molar-refractivity contribution in [2.24, 2.45) is 0 Å². The second kappa shape index (κ2) is 6.65. The summed E-state index contributed by atoms with van der Waals surface area (Å²) in [5, 5.41) is 16.8. The molecule has 0 aliphatic heterocycles. The van der Waals surface area contributed by atoms with Crippen molar-refractivity contribution in [3.8, 4) is 0 Å². The number of carbonyl (C=O) groups excluding carboxylic acids is 1. The van der Waals surface area contributed by atoms with Gasteiger partial charge in [-0.15, -0.1) is 5.10 Å². The minimum atomic E-state index is -0.117. The van der Waals surface area contributed by atoms with E-state index in [9.17, 15) is 4.79 Å². The summed E-state index contributed by atoms with van der Waals surface area (Å²) in [4.78, 5) is 15.4. The van der Waals surface area contributed by atoms with Gasteiger partial charge in [-0.2, -0.15) is 10.1 Å². The number of amides is 1. The molecule has 0 bridgehead atoms. The minimum absolute atomic E-state index is 0.117. The van der Waals surface area contributed by atoms with Crippen LogP contribution in [0.2, 0.25) is 0 Å². The smallest absolute Gasteiger partial charge is 0.249 e. The number of nitrogens with zero attached hydrogens (tertiary/aromatic N) is 3. The molecule has 2 aromatic rings. The molecular formula is C14H18N6O. The summed E-state index contributed by atoms with van der Waals surface area (Å²) < 4.78 is 0. The molecule has 0 aliphatic carbocycles. The molecule has 1 aromatic carbocycles. The Morgan fingerprint density at radius 3 is 2.71 bits per heavy atom. The van der Waals surface area contributed by atoms with E-state index in [-0.39, 0.29) is 11.9 Å². The predicted octanol–water partition coefficient (Wildman–Crippen LogP) is 2.39. The molecule has 7 nitrogen and oxygen atoms in total. The van der Waals surface area contributed by atoms with Gasteiger partial charge in [0.05, 0.1) is 6.20 Å². The van der Waals surface area contributed by atoms with E-state index in [1.165, 1.54) is 6.92 Å². The fourth-order valence-corrected chi connectivity index (χ4v) is 1.73. The average molecular weight is 286 g/mol. The highest BCUT2D eigenvalue weighted by atomic mass is 16.1. The summed E-state index contributed by atoms with van der Waals surface area (Å²) in [5.41, 5.74) is 1.47. The van der Waals surface area contributed by atoms with Crippen molar-refractivity contribution in [3.05, 3.63) is 30.5 Å². The molecule has 0 fully saturated rings. The van der Waals surface area contributed by atoms with E-state index in [1.54, 1.807) is 12.3 Å². The zero-order valence-electron chi connectivity index (χ0n) is 12.2. The molecule has 0 saturated heterocycles. The third-order valence-corrected chi connectivity index (χ3v) is 2.43. The zero-order chi connectivity index (χ0) is 15.2. The van der Waals surface area contributed by atoms with Crippen LogP contribution >= 0.6 is 0 Å². The van der Waals surface area contributed by atoms with Gasteiger partial charge < -0.3 is 16.0 Å². The fraction of sp³-hybridized carbons (Fsp3) is 0.286. The Bertz CT molecular complexity index is 628. The Labute approximate surface area is 123 Å².